The van der Waals surface area contributed by atoms with Crippen molar-refractivity contribution in [2.75, 3.05) is 0 Å². The van der Waals surface area contributed by atoms with Gasteiger partial charge in [0.05, 0.1) is 0 Å². The zero-order valence-electron chi connectivity index (χ0n) is 10.7. The monoisotopic (exact) mass is 182 g/mol. The Morgan fingerprint density at radius 3 is 1.62 bits per heavy atom. The molecule has 0 amide bonds. The van der Waals surface area contributed by atoms with Crippen molar-refractivity contribution in [3.8, 4) is 0 Å². The number of hydrogen-bond acceptors (Lipinski definition) is 0. The summed E-state index contributed by atoms with van der Waals surface area (Å²) >= 11 is 0. The number of allylic oxidation sites excluding steroid dienone is 2. The van der Waals surface area contributed by atoms with E-state index < -0.39 is 0 Å². The van der Waals surface area contributed by atoms with Crippen molar-refractivity contribution in [2.45, 2.75) is 55.4 Å². The van der Waals surface area contributed by atoms with Gasteiger partial charge < -0.3 is 0 Å². The summed E-state index contributed by atoms with van der Waals surface area (Å²) in [5.74, 6) is 0.659. The van der Waals surface area contributed by atoms with Gasteiger partial charge in [-0.15, -0.1) is 0 Å². The standard InChI is InChI=1S/C13H26/c1-10(9-12(3,4)5)11(2)13(6,7)8/h9,11H,1-8H3/b10-9+/t11-/m1/s1. The highest BCUT2D eigenvalue weighted by Crippen LogP contribution is 2.33. The third-order valence-corrected chi connectivity index (χ3v) is 2.64. The minimum atomic E-state index is 0.309. The van der Waals surface area contributed by atoms with E-state index in [1.54, 1.807) is 0 Å². The van der Waals surface area contributed by atoms with Crippen LogP contribution in [0.5, 0.6) is 0 Å². The maximum absolute atomic E-state index is 2.39. The van der Waals surface area contributed by atoms with Crippen molar-refractivity contribution in [3.05, 3.63) is 11.6 Å². The van der Waals surface area contributed by atoms with Crippen LogP contribution < -0.4 is 0 Å². The molecule has 0 saturated carbocycles. The average molecular weight is 182 g/mol. The zero-order chi connectivity index (χ0) is 10.9. The summed E-state index contributed by atoms with van der Waals surface area (Å²) in [6, 6.07) is 0. The van der Waals surface area contributed by atoms with Crippen LogP contribution in [0.3, 0.4) is 0 Å². The molecule has 0 aromatic rings. The smallest absolute Gasteiger partial charge is 0.0185 e. The molecule has 0 radical (unpaired) electrons. The fourth-order valence-electron chi connectivity index (χ4n) is 1.49. The van der Waals surface area contributed by atoms with Crippen molar-refractivity contribution < 1.29 is 0 Å². The van der Waals surface area contributed by atoms with Crippen LogP contribution in [0.1, 0.15) is 55.4 Å². The second-order valence-electron chi connectivity index (χ2n) is 6.34. The quantitative estimate of drug-likeness (QED) is 0.517. The lowest BCUT2D eigenvalue weighted by molar-refractivity contribution is 0.297. The molecule has 0 fully saturated rings. The lowest BCUT2D eigenvalue weighted by Gasteiger charge is -2.29. The summed E-state index contributed by atoms with van der Waals surface area (Å²) in [5.41, 5.74) is 2.20. The van der Waals surface area contributed by atoms with Crippen LogP contribution in [0.25, 0.3) is 0 Å². The van der Waals surface area contributed by atoms with Crippen LogP contribution in [0, 0.1) is 16.7 Å². The average Bonchev–Trinajstić information content (AvgIpc) is 1.79. The molecule has 0 nitrogen and oxygen atoms in total. The van der Waals surface area contributed by atoms with E-state index in [4.69, 9.17) is 0 Å². The largest absolute Gasteiger partial charge is 0.0799 e. The third-order valence-electron chi connectivity index (χ3n) is 2.64. The molecular formula is C13H26. The van der Waals surface area contributed by atoms with Gasteiger partial charge in [0.25, 0.3) is 0 Å². The molecule has 0 N–H and O–H groups in total. The molecule has 0 unspecified atom stereocenters. The van der Waals surface area contributed by atoms with Gasteiger partial charge in [0.1, 0.15) is 0 Å². The molecule has 0 aliphatic rings. The maximum Gasteiger partial charge on any atom is -0.0185 e. The van der Waals surface area contributed by atoms with E-state index in [-0.39, 0.29) is 0 Å². The summed E-state index contributed by atoms with van der Waals surface area (Å²) in [6.07, 6.45) is 2.39. The Bertz CT molecular complexity index is 183. The van der Waals surface area contributed by atoms with Crippen LogP contribution in [0.15, 0.2) is 11.6 Å². The summed E-state index contributed by atoms with van der Waals surface area (Å²) in [6.45, 7) is 18.2. The lowest BCUT2D eigenvalue weighted by Crippen LogP contribution is -2.19. The number of hydrogen-bond donors (Lipinski definition) is 0. The summed E-state index contributed by atoms with van der Waals surface area (Å²) in [5, 5.41) is 0. The molecule has 0 bridgehead atoms. The van der Waals surface area contributed by atoms with Crippen molar-refractivity contribution in [1.82, 2.24) is 0 Å². The van der Waals surface area contributed by atoms with Gasteiger partial charge in [-0.3, -0.25) is 0 Å². The van der Waals surface area contributed by atoms with Crippen LogP contribution in [0.4, 0.5) is 0 Å². The Hall–Kier alpha value is -0.260. The van der Waals surface area contributed by atoms with Gasteiger partial charge in [-0.1, -0.05) is 60.1 Å². The van der Waals surface area contributed by atoms with Crippen LogP contribution in [0.2, 0.25) is 0 Å². The van der Waals surface area contributed by atoms with Gasteiger partial charge in [0.15, 0.2) is 0 Å². The SMILES string of the molecule is C/C(=C\C(C)(C)C)[C@@H](C)C(C)(C)C. The predicted molar refractivity (Wildman–Crippen MR) is 61.8 cm³/mol. The predicted octanol–water partition coefficient (Wildman–Crippen LogP) is 4.66. The topological polar surface area (TPSA) is 0 Å². The molecule has 0 aliphatic carbocycles. The van der Waals surface area contributed by atoms with Crippen LogP contribution in [-0.2, 0) is 0 Å². The fourth-order valence-corrected chi connectivity index (χ4v) is 1.49. The van der Waals surface area contributed by atoms with Crippen molar-refractivity contribution in [1.29, 1.82) is 0 Å². The summed E-state index contributed by atoms with van der Waals surface area (Å²) in [7, 11) is 0. The molecule has 1 atom stereocenters. The highest BCUT2D eigenvalue weighted by molar-refractivity contribution is 5.09. The summed E-state index contributed by atoms with van der Waals surface area (Å²) in [4.78, 5) is 0. The molecule has 0 saturated heterocycles. The molecule has 0 aliphatic heterocycles. The maximum atomic E-state index is 2.39. The van der Waals surface area contributed by atoms with Gasteiger partial charge in [0, 0.05) is 0 Å². The number of rotatable bonds is 1. The molecule has 0 rings (SSSR count). The Morgan fingerprint density at radius 1 is 1.00 bits per heavy atom. The van der Waals surface area contributed by atoms with Gasteiger partial charge >= 0.3 is 0 Å². The fraction of sp³-hybridized carbons (Fsp3) is 0.846. The molecule has 0 spiro atoms. The Labute approximate surface area is 84.4 Å². The van der Waals surface area contributed by atoms with Gasteiger partial charge in [-0.05, 0) is 23.7 Å². The van der Waals surface area contributed by atoms with E-state index in [9.17, 15) is 0 Å². The van der Waals surface area contributed by atoms with E-state index in [1.807, 2.05) is 0 Å². The van der Waals surface area contributed by atoms with E-state index in [2.05, 4.69) is 61.5 Å². The van der Waals surface area contributed by atoms with E-state index in [1.165, 1.54) is 5.57 Å². The van der Waals surface area contributed by atoms with E-state index >= 15 is 0 Å². The van der Waals surface area contributed by atoms with Crippen molar-refractivity contribution >= 4 is 0 Å². The first kappa shape index (κ1) is 12.7. The molecule has 13 heavy (non-hydrogen) atoms. The Kier molecular flexibility index (Phi) is 3.78. The lowest BCUT2D eigenvalue weighted by atomic mass is 9.76. The van der Waals surface area contributed by atoms with Gasteiger partial charge in [-0.2, -0.15) is 0 Å². The van der Waals surface area contributed by atoms with E-state index in [0.717, 1.165) is 0 Å². The minimum absolute atomic E-state index is 0.309. The zero-order valence-corrected chi connectivity index (χ0v) is 10.7. The Balaban J connectivity index is 4.62. The highest BCUT2D eigenvalue weighted by Gasteiger charge is 2.22. The normalized spacial score (nSPS) is 17.4. The van der Waals surface area contributed by atoms with Crippen molar-refractivity contribution in [2.24, 2.45) is 16.7 Å². The van der Waals surface area contributed by atoms with Gasteiger partial charge in [-0.25, -0.2) is 0 Å². The van der Waals surface area contributed by atoms with Crippen molar-refractivity contribution in [3.63, 3.8) is 0 Å². The van der Waals surface area contributed by atoms with E-state index in [0.29, 0.717) is 16.7 Å². The Morgan fingerprint density at radius 2 is 1.38 bits per heavy atom. The second kappa shape index (κ2) is 3.86. The molecular weight excluding hydrogens is 156 g/mol. The molecule has 0 aromatic carbocycles. The third kappa shape index (κ3) is 5.13. The minimum Gasteiger partial charge on any atom is -0.0799 e. The second-order valence-corrected chi connectivity index (χ2v) is 6.34. The first-order valence-electron chi connectivity index (χ1n) is 5.23. The molecule has 0 heteroatoms. The first-order valence-corrected chi connectivity index (χ1v) is 5.23. The van der Waals surface area contributed by atoms with Crippen LogP contribution in [-0.4, -0.2) is 0 Å². The molecule has 0 heterocycles. The van der Waals surface area contributed by atoms with Gasteiger partial charge in [0.2, 0.25) is 0 Å². The molecule has 0 aromatic heterocycles. The van der Waals surface area contributed by atoms with Crippen LogP contribution >= 0.6 is 0 Å². The molecule has 78 valence electrons. The highest BCUT2D eigenvalue weighted by atomic mass is 14.3. The summed E-state index contributed by atoms with van der Waals surface area (Å²) < 4.78 is 0. The first-order chi connectivity index (χ1) is 5.54.